The standard InChI is InChI=1S/C18H11ClF3NO3/c1-9-2-5-15-10(6-9)7-12(17(25)26-15)16(24)23-11-3-4-14(19)13(8-11)18(20,21)22/h2-8H,1H3,(H,23,24). The fourth-order valence-electron chi connectivity index (χ4n) is 2.42. The SMILES string of the molecule is Cc1ccc2oc(=O)c(C(=O)Nc3ccc(Cl)c(C(F)(F)F)c3)cc2c1. The molecule has 1 aromatic heterocycles. The van der Waals surface area contributed by atoms with Gasteiger partial charge in [0.1, 0.15) is 11.1 Å². The highest BCUT2D eigenvalue weighted by molar-refractivity contribution is 6.31. The molecule has 134 valence electrons. The Hall–Kier alpha value is -2.80. The number of amides is 1. The molecule has 1 amide bonds. The van der Waals surface area contributed by atoms with E-state index in [2.05, 4.69) is 5.32 Å². The van der Waals surface area contributed by atoms with E-state index in [1.54, 1.807) is 18.2 Å². The van der Waals surface area contributed by atoms with Crippen molar-refractivity contribution in [3.05, 3.63) is 74.6 Å². The third kappa shape index (κ3) is 3.57. The molecule has 0 fully saturated rings. The zero-order chi connectivity index (χ0) is 19.1. The van der Waals surface area contributed by atoms with E-state index < -0.39 is 28.3 Å². The van der Waals surface area contributed by atoms with E-state index in [1.807, 2.05) is 6.92 Å². The first kappa shape index (κ1) is 18.0. The van der Waals surface area contributed by atoms with Crippen LogP contribution in [-0.4, -0.2) is 5.91 Å². The fourth-order valence-corrected chi connectivity index (χ4v) is 2.64. The third-order valence-electron chi connectivity index (χ3n) is 3.66. The van der Waals surface area contributed by atoms with Crippen LogP contribution < -0.4 is 10.9 Å². The number of alkyl halides is 3. The van der Waals surface area contributed by atoms with Gasteiger partial charge < -0.3 is 9.73 Å². The molecule has 0 radical (unpaired) electrons. The molecule has 0 aliphatic heterocycles. The quantitative estimate of drug-likeness (QED) is 0.634. The Bertz CT molecular complexity index is 1070. The molecule has 0 saturated heterocycles. The normalized spacial score (nSPS) is 11.6. The fraction of sp³-hybridized carbons (Fsp3) is 0.111. The second-order valence-electron chi connectivity index (χ2n) is 5.64. The predicted molar refractivity (Wildman–Crippen MR) is 91.6 cm³/mol. The van der Waals surface area contributed by atoms with Crippen LogP contribution in [0.25, 0.3) is 11.0 Å². The molecule has 0 bridgehead atoms. The number of carbonyl (C=O) groups is 1. The first-order valence-corrected chi connectivity index (χ1v) is 7.75. The minimum absolute atomic E-state index is 0.143. The molecule has 3 rings (SSSR count). The smallest absolute Gasteiger partial charge is 0.417 e. The van der Waals surface area contributed by atoms with Crippen LogP contribution in [0.3, 0.4) is 0 Å². The lowest BCUT2D eigenvalue weighted by atomic mass is 10.1. The van der Waals surface area contributed by atoms with Crippen LogP contribution in [-0.2, 0) is 6.18 Å². The average molecular weight is 382 g/mol. The molecular weight excluding hydrogens is 371 g/mol. The van der Waals surface area contributed by atoms with Crippen LogP contribution in [0, 0.1) is 6.92 Å². The van der Waals surface area contributed by atoms with E-state index in [9.17, 15) is 22.8 Å². The Morgan fingerprint density at radius 3 is 2.54 bits per heavy atom. The van der Waals surface area contributed by atoms with Crippen molar-refractivity contribution in [2.75, 3.05) is 5.32 Å². The number of benzene rings is 2. The van der Waals surface area contributed by atoms with Crippen LogP contribution >= 0.6 is 11.6 Å². The van der Waals surface area contributed by atoms with Gasteiger partial charge in [0.15, 0.2) is 0 Å². The molecule has 26 heavy (non-hydrogen) atoms. The van der Waals surface area contributed by atoms with Crippen LogP contribution in [0.4, 0.5) is 18.9 Å². The number of aryl methyl sites for hydroxylation is 1. The van der Waals surface area contributed by atoms with Gasteiger partial charge in [0.25, 0.3) is 5.91 Å². The summed E-state index contributed by atoms with van der Waals surface area (Å²) >= 11 is 5.54. The maximum atomic E-state index is 12.9. The number of nitrogens with one attached hydrogen (secondary N) is 1. The lowest BCUT2D eigenvalue weighted by Crippen LogP contribution is -2.21. The van der Waals surface area contributed by atoms with Gasteiger partial charge in [-0.2, -0.15) is 13.2 Å². The number of halogens is 4. The second-order valence-corrected chi connectivity index (χ2v) is 6.04. The maximum absolute atomic E-state index is 12.9. The highest BCUT2D eigenvalue weighted by Crippen LogP contribution is 2.36. The van der Waals surface area contributed by atoms with E-state index in [0.29, 0.717) is 17.0 Å². The van der Waals surface area contributed by atoms with Crippen molar-refractivity contribution in [2.45, 2.75) is 13.1 Å². The summed E-state index contributed by atoms with van der Waals surface area (Å²) in [7, 11) is 0. The summed E-state index contributed by atoms with van der Waals surface area (Å²) in [5.74, 6) is -0.877. The molecule has 2 aromatic carbocycles. The molecule has 0 atom stereocenters. The number of hydrogen-bond donors (Lipinski definition) is 1. The molecule has 8 heteroatoms. The minimum Gasteiger partial charge on any atom is -0.422 e. The van der Waals surface area contributed by atoms with Crippen molar-refractivity contribution in [1.29, 1.82) is 0 Å². The van der Waals surface area contributed by atoms with Gasteiger partial charge >= 0.3 is 11.8 Å². The Balaban J connectivity index is 1.97. The Kier molecular flexibility index (Phi) is 4.50. The van der Waals surface area contributed by atoms with E-state index in [-0.39, 0.29) is 11.3 Å². The molecule has 0 saturated carbocycles. The van der Waals surface area contributed by atoms with Crippen LogP contribution in [0.1, 0.15) is 21.5 Å². The third-order valence-corrected chi connectivity index (χ3v) is 3.99. The molecule has 1 N–H and O–H groups in total. The van der Waals surface area contributed by atoms with Gasteiger partial charge in [0.05, 0.1) is 10.6 Å². The Labute approximate surface area is 150 Å². The van der Waals surface area contributed by atoms with Gasteiger partial charge in [0.2, 0.25) is 0 Å². The summed E-state index contributed by atoms with van der Waals surface area (Å²) in [6.07, 6.45) is -4.67. The molecule has 0 spiro atoms. The first-order chi connectivity index (χ1) is 12.1. The van der Waals surface area contributed by atoms with Crippen LogP contribution in [0.5, 0.6) is 0 Å². The monoisotopic (exact) mass is 381 g/mol. The molecule has 4 nitrogen and oxygen atoms in total. The van der Waals surface area contributed by atoms with Crippen molar-refractivity contribution >= 4 is 34.2 Å². The molecule has 1 heterocycles. The number of anilines is 1. The van der Waals surface area contributed by atoms with Crippen LogP contribution in [0.2, 0.25) is 5.02 Å². The number of rotatable bonds is 2. The van der Waals surface area contributed by atoms with Crippen molar-refractivity contribution in [3.8, 4) is 0 Å². The van der Waals surface area contributed by atoms with Crippen molar-refractivity contribution in [2.24, 2.45) is 0 Å². The Morgan fingerprint density at radius 1 is 1.12 bits per heavy atom. The lowest BCUT2D eigenvalue weighted by Gasteiger charge is -2.11. The highest BCUT2D eigenvalue weighted by Gasteiger charge is 2.33. The summed E-state index contributed by atoms with van der Waals surface area (Å²) < 4.78 is 43.8. The second kappa shape index (κ2) is 6.49. The largest absolute Gasteiger partial charge is 0.422 e. The van der Waals surface area contributed by atoms with Crippen LogP contribution in [0.15, 0.2) is 51.7 Å². The molecule has 0 aliphatic carbocycles. The number of carbonyl (C=O) groups excluding carboxylic acids is 1. The van der Waals surface area contributed by atoms with Gasteiger partial charge in [0, 0.05) is 11.1 Å². The minimum atomic E-state index is -4.67. The van der Waals surface area contributed by atoms with Gasteiger partial charge in [-0.3, -0.25) is 4.79 Å². The van der Waals surface area contributed by atoms with Gasteiger partial charge in [-0.05, 0) is 43.3 Å². The van der Waals surface area contributed by atoms with E-state index in [0.717, 1.165) is 11.6 Å². The van der Waals surface area contributed by atoms with Gasteiger partial charge in [-0.25, -0.2) is 4.79 Å². The zero-order valence-corrected chi connectivity index (χ0v) is 14.0. The van der Waals surface area contributed by atoms with E-state index >= 15 is 0 Å². The van der Waals surface area contributed by atoms with E-state index in [1.165, 1.54) is 12.1 Å². The summed E-state index contributed by atoms with van der Waals surface area (Å²) in [6.45, 7) is 1.83. The molecule has 0 aliphatic rings. The van der Waals surface area contributed by atoms with Crippen molar-refractivity contribution < 1.29 is 22.4 Å². The van der Waals surface area contributed by atoms with Crippen molar-refractivity contribution in [3.63, 3.8) is 0 Å². The molecule has 3 aromatic rings. The van der Waals surface area contributed by atoms with E-state index in [4.69, 9.17) is 16.0 Å². The van der Waals surface area contributed by atoms with Gasteiger partial charge in [-0.1, -0.05) is 23.2 Å². The highest BCUT2D eigenvalue weighted by atomic mass is 35.5. The van der Waals surface area contributed by atoms with Gasteiger partial charge in [-0.15, -0.1) is 0 Å². The predicted octanol–water partition coefficient (Wildman–Crippen LogP) is 5.03. The summed E-state index contributed by atoms with van der Waals surface area (Å²) in [5.41, 5.74) is -1.22. The zero-order valence-electron chi connectivity index (χ0n) is 13.3. The van der Waals surface area contributed by atoms with Crippen molar-refractivity contribution in [1.82, 2.24) is 0 Å². The maximum Gasteiger partial charge on any atom is 0.417 e. The first-order valence-electron chi connectivity index (χ1n) is 7.38. The summed E-state index contributed by atoms with van der Waals surface area (Å²) in [4.78, 5) is 24.3. The average Bonchev–Trinajstić information content (AvgIpc) is 2.55. The summed E-state index contributed by atoms with van der Waals surface area (Å²) in [5, 5.41) is 2.30. The topological polar surface area (TPSA) is 59.3 Å². The lowest BCUT2D eigenvalue weighted by molar-refractivity contribution is -0.137. The molecule has 0 unspecified atom stereocenters. The molecular formula is C18H11ClF3NO3. The number of fused-ring (bicyclic) bond motifs is 1. The number of hydrogen-bond acceptors (Lipinski definition) is 3. The summed E-state index contributed by atoms with van der Waals surface area (Å²) in [6, 6.07) is 9.34. The Morgan fingerprint density at radius 2 is 1.85 bits per heavy atom.